The second-order valence-corrected chi connectivity index (χ2v) is 3.10. The molecular weight excluding hydrogens is 192 g/mol. The van der Waals surface area contributed by atoms with Crippen LogP contribution in [0, 0.1) is 0 Å². The first-order valence-electron chi connectivity index (χ1n) is 4.37. The van der Waals surface area contributed by atoms with Crippen LogP contribution < -0.4 is 5.43 Å². The summed E-state index contributed by atoms with van der Waals surface area (Å²) in [6.07, 6.45) is 1.59. The smallest absolute Gasteiger partial charge is 0.335 e. The fourth-order valence-corrected chi connectivity index (χ4v) is 0.904. The van der Waals surface area contributed by atoms with Crippen molar-refractivity contribution in [2.75, 3.05) is 5.43 Å². The van der Waals surface area contributed by atoms with Gasteiger partial charge in [0.05, 0.1) is 11.3 Å². The molecule has 0 fully saturated rings. The monoisotopic (exact) mass is 204 g/mol. The van der Waals surface area contributed by atoms with Gasteiger partial charge in [-0.25, -0.2) is 4.79 Å². The van der Waals surface area contributed by atoms with Crippen molar-refractivity contribution in [1.29, 1.82) is 0 Å². The van der Waals surface area contributed by atoms with Crippen LogP contribution in [-0.4, -0.2) is 17.3 Å². The van der Waals surface area contributed by atoms with Crippen molar-refractivity contribution in [2.45, 2.75) is 6.92 Å². The van der Waals surface area contributed by atoms with E-state index in [1.54, 1.807) is 18.3 Å². The molecule has 15 heavy (non-hydrogen) atoms. The molecule has 0 unspecified atom stereocenters. The van der Waals surface area contributed by atoms with Gasteiger partial charge >= 0.3 is 5.97 Å². The van der Waals surface area contributed by atoms with Gasteiger partial charge in [0.15, 0.2) is 0 Å². The number of carboxylic acids is 1. The number of anilines is 1. The van der Waals surface area contributed by atoms with Gasteiger partial charge in [0.1, 0.15) is 0 Å². The molecule has 0 spiro atoms. The normalized spacial score (nSPS) is 10.2. The zero-order valence-electron chi connectivity index (χ0n) is 8.40. The Morgan fingerprint density at radius 2 is 2.07 bits per heavy atom. The maximum atomic E-state index is 10.6. The maximum absolute atomic E-state index is 10.6. The first-order chi connectivity index (χ1) is 7.09. The molecule has 0 saturated heterocycles. The molecule has 4 nitrogen and oxygen atoms in total. The number of aromatic carboxylic acids is 1. The summed E-state index contributed by atoms with van der Waals surface area (Å²) in [5.74, 6) is -0.938. The summed E-state index contributed by atoms with van der Waals surface area (Å²) in [6.45, 7) is 5.49. The number of hydrogen-bond donors (Lipinski definition) is 2. The number of benzene rings is 1. The number of rotatable bonds is 4. The van der Waals surface area contributed by atoms with Gasteiger partial charge in [0.2, 0.25) is 0 Å². The summed E-state index contributed by atoms with van der Waals surface area (Å²) in [7, 11) is 0. The summed E-state index contributed by atoms with van der Waals surface area (Å²) < 4.78 is 0. The van der Waals surface area contributed by atoms with Crippen LogP contribution in [0.4, 0.5) is 5.69 Å². The van der Waals surface area contributed by atoms with Crippen molar-refractivity contribution in [2.24, 2.45) is 5.10 Å². The molecule has 78 valence electrons. The van der Waals surface area contributed by atoms with E-state index in [0.29, 0.717) is 0 Å². The van der Waals surface area contributed by atoms with Crippen molar-refractivity contribution in [3.63, 3.8) is 0 Å². The van der Waals surface area contributed by atoms with E-state index >= 15 is 0 Å². The van der Waals surface area contributed by atoms with E-state index in [-0.39, 0.29) is 5.56 Å². The molecule has 0 aromatic heterocycles. The van der Waals surface area contributed by atoms with Gasteiger partial charge in [-0.05, 0) is 36.8 Å². The van der Waals surface area contributed by atoms with Crippen molar-refractivity contribution in [3.05, 3.63) is 42.0 Å². The summed E-state index contributed by atoms with van der Waals surface area (Å²) in [5, 5.41) is 12.6. The fraction of sp³-hybridized carbons (Fsp3) is 0.0909. The number of hydrogen-bond acceptors (Lipinski definition) is 3. The lowest BCUT2D eigenvalue weighted by molar-refractivity contribution is 0.0697. The van der Waals surface area contributed by atoms with Crippen LogP contribution in [0.2, 0.25) is 0 Å². The highest BCUT2D eigenvalue weighted by Crippen LogP contribution is 2.09. The Bertz CT molecular complexity index is 394. The number of carboxylic acid groups (broad SMARTS) is 1. The average molecular weight is 204 g/mol. The minimum Gasteiger partial charge on any atom is -0.478 e. The van der Waals surface area contributed by atoms with Crippen LogP contribution in [-0.2, 0) is 0 Å². The van der Waals surface area contributed by atoms with E-state index in [4.69, 9.17) is 5.11 Å². The molecule has 0 bridgehead atoms. The van der Waals surface area contributed by atoms with Gasteiger partial charge in [-0.15, -0.1) is 0 Å². The number of allylic oxidation sites excluding steroid dienone is 1. The predicted octanol–water partition coefficient (Wildman–Crippen LogP) is 2.36. The van der Waals surface area contributed by atoms with Gasteiger partial charge in [-0.2, -0.15) is 5.10 Å². The van der Waals surface area contributed by atoms with Crippen LogP contribution in [0.1, 0.15) is 17.3 Å². The molecule has 0 aliphatic heterocycles. The second-order valence-electron chi connectivity index (χ2n) is 3.10. The van der Waals surface area contributed by atoms with E-state index in [1.165, 1.54) is 12.1 Å². The number of nitrogens with zero attached hydrogens (tertiary/aromatic N) is 1. The van der Waals surface area contributed by atoms with Crippen LogP contribution in [0.25, 0.3) is 0 Å². The summed E-state index contributed by atoms with van der Waals surface area (Å²) >= 11 is 0. The lowest BCUT2D eigenvalue weighted by atomic mass is 10.2. The maximum Gasteiger partial charge on any atom is 0.335 e. The average Bonchev–Trinajstić information content (AvgIpc) is 2.18. The molecule has 1 rings (SSSR count). The molecule has 2 N–H and O–H groups in total. The predicted molar refractivity (Wildman–Crippen MR) is 60.3 cm³/mol. The molecular formula is C11H12N2O2. The van der Waals surface area contributed by atoms with Gasteiger partial charge in [-0.3, -0.25) is 5.43 Å². The molecule has 0 aliphatic rings. The van der Waals surface area contributed by atoms with E-state index in [0.717, 1.165) is 11.3 Å². The zero-order chi connectivity index (χ0) is 11.3. The van der Waals surface area contributed by atoms with Gasteiger partial charge in [0, 0.05) is 6.21 Å². The fourth-order valence-electron chi connectivity index (χ4n) is 0.904. The van der Waals surface area contributed by atoms with Crippen LogP contribution >= 0.6 is 0 Å². The van der Waals surface area contributed by atoms with Crippen LogP contribution in [0.3, 0.4) is 0 Å². The van der Waals surface area contributed by atoms with Gasteiger partial charge in [0.25, 0.3) is 0 Å². The van der Waals surface area contributed by atoms with Crippen molar-refractivity contribution in [1.82, 2.24) is 0 Å². The van der Waals surface area contributed by atoms with E-state index in [1.807, 2.05) is 6.92 Å². The van der Waals surface area contributed by atoms with Crippen molar-refractivity contribution < 1.29 is 9.90 Å². The van der Waals surface area contributed by atoms with Crippen molar-refractivity contribution in [3.8, 4) is 0 Å². The Kier molecular flexibility index (Phi) is 3.62. The quantitative estimate of drug-likeness (QED) is 0.584. The molecule has 4 heteroatoms. The summed E-state index contributed by atoms with van der Waals surface area (Å²) in [4.78, 5) is 10.6. The Labute approximate surface area is 87.9 Å². The molecule has 1 aromatic rings. The zero-order valence-corrected chi connectivity index (χ0v) is 8.40. The summed E-state index contributed by atoms with van der Waals surface area (Å²) in [5.41, 5.74) is 4.58. The molecule has 1 aromatic carbocycles. The highest BCUT2D eigenvalue weighted by atomic mass is 16.4. The number of carbonyl (C=O) groups is 1. The Morgan fingerprint density at radius 1 is 1.47 bits per heavy atom. The third kappa shape index (κ3) is 3.64. The largest absolute Gasteiger partial charge is 0.478 e. The number of nitrogens with one attached hydrogen (secondary N) is 1. The Hall–Kier alpha value is -2.10. The van der Waals surface area contributed by atoms with Gasteiger partial charge < -0.3 is 5.11 Å². The second kappa shape index (κ2) is 4.95. The highest BCUT2D eigenvalue weighted by molar-refractivity contribution is 5.88. The summed E-state index contributed by atoms with van der Waals surface area (Å²) in [6, 6.07) is 6.33. The van der Waals surface area contributed by atoms with E-state index in [2.05, 4.69) is 17.1 Å². The number of hydrazone groups is 1. The third-order valence-corrected chi connectivity index (χ3v) is 1.61. The first kappa shape index (κ1) is 11.0. The minimum atomic E-state index is -0.938. The third-order valence-electron chi connectivity index (χ3n) is 1.61. The molecule has 0 atom stereocenters. The lowest BCUT2D eigenvalue weighted by Crippen LogP contribution is -1.96. The minimum absolute atomic E-state index is 0.254. The molecule has 0 saturated carbocycles. The molecule has 0 amide bonds. The molecule has 0 radical (unpaired) electrons. The Balaban J connectivity index is 2.65. The van der Waals surface area contributed by atoms with Crippen molar-refractivity contribution >= 4 is 17.9 Å². The van der Waals surface area contributed by atoms with E-state index in [9.17, 15) is 4.79 Å². The SMILES string of the molecule is C=C(C)/C=N\Nc1ccc(C(=O)O)cc1. The topological polar surface area (TPSA) is 61.7 Å². The highest BCUT2D eigenvalue weighted by Gasteiger charge is 2.00. The first-order valence-corrected chi connectivity index (χ1v) is 4.37. The Morgan fingerprint density at radius 3 is 2.53 bits per heavy atom. The molecule has 0 heterocycles. The van der Waals surface area contributed by atoms with Crippen LogP contribution in [0.5, 0.6) is 0 Å². The molecule has 0 aliphatic carbocycles. The van der Waals surface area contributed by atoms with Crippen LogP contribution in [0.15, 0.2) is 41.5 Å². The lowest BCUT2D eigenvalue weighted by Gasteiger charge is -2.00. The van der Waals surface area contributed by atoms with E-state index < -0.39 is 5.97 Å². The van der Waals surface area contributed by atoms with Gasteiger partial charge in [-0.1, -0.05) is 6.58 Å². The standard InChI is InChI=1S/C11H12N2O2/c1-8(2)7-12-13-10-5-3-9(4-6-10)11(14)15/h3-7,13H,1H2,2H3,(H,14,15)/b12-7-.